The van der Waals surface area contributed by atoms with Crippen molar-refractivity contribution < 1.29 is 4.92 Å². The van der Waals surface area contributed by atoms with Gasteiger partial charge in [-0.2, -0.15) is 0 Å². The Balaban J connectivity index is 2.37. The number of benzene rings is 2. The Kier molecular flexibility index (Phi) is 4.27. The van der Waals surface area contributed by atoms with Crippen molar-refractivity contribution in [1.82, 2.24) is 0 Å². The molecule has 18 heavy (non-hydrogen) atoms. The summed E-state index contributed by atoms with van der Waals surface area (Å²) in [5, 5.41) is 11.1. The highest BCUT2D eigenvalue weighted by molar-refractivity contribution is 9.10. The van der Waals surface area contributed by atoms with Gasteiger partial charge in [-0.1, -0.05) is 45.4 Å². The molecule has 0 heterocycles. The molecule has 0 bridgehead atoms. The lowest BCUT2D eigenvalue weighted by molar-refractivity contribution is -0.387. The van der Waals surface area contributed by atoms with Gasteiger partial charge in [0.1, 0.15) is 5.02 Å². The maximum absolute atomic E-state index is 11.0. The maximum Gasteiger partial charge on any atom is 0.301 e. The average Bonchev–Trinajstić information content (AvgIpc) is 2.32. The molecule has 0 fully saturated rings. The molecular weight excluding hydrogens is 338 g/mol. The van der Waals surface area contributed by atoms with Gasteiger partial charge >= 0.3 is 5.69 Å². The number of hydrogen-bond acceptors (Lipinski definition) is 3. The molecule has 6 heteroatoms. The van der Waals surface area contributed by atoms with Crippen LogP contribution < -0.4 is 0 Å². The van der Waals surface area contributed by atoms with Crippen LogP contribution in [0.5, 0.6) is 0 Å². The summed E-state index contributed by atoms with van der Waals surface area (Å²) in [6.07, 6.45) is 0. The number of nitro benzene ring substituents is 1. The van der Waals surface area contributed by atoms with E-state index < -0.39 is 4.92 Å². The number of para-hydroxylation sites is 1. The van der Waals surface area contributed by atoms with Crippen molar-refractivity contribution in [2.45, 2.75) is 9.79 Å². The van der Waals surface area contributed by atoms with Gasteiger partial charge in [0.05, 0.1) is 9.82 Å². The number of nitrogens with zero attached hydrogens (tertiary/aromatic N) is 1. The first-order valence-corrected chi connectivity index (χ1v) is 6.93. The fourth-order valence-corrected chi connectivity index (χ4v) is 2.90. The fourth-order valence-electron chi connectivity index (χ4n) is 1.38. The minimum Gasteiger partial charge on any atom is -0.258 e. The number of halogens is 2. The van der Waals surface area contributed by atoms with E-state index in [1.54, 1.807) is 12.1 Å². The molecule has 0 atom stereocenters. The highest BCUT2D eigenvalue weighted by Gasteiger charge is 2.18. The Bertz CT molecular complexity index is 589. The SMILES string of the molecule is O=[N+]([O-])c1c(Cl)cccc1Sc1ccc(Br)cc1. The second-order valence-electron chi connectivity index (χ2n) is 3.40. The van der Waals surface area contributed by atoms with Gasteiger partial charge in [0.25, 0.3) is 0 Å². The number of hydrogen-bond donors (Lipinski definition) is 0. The van der Waals surface area contributed by atoms with Gasteiger partial charge in [-0.15, -0.1) is 0 Å². The van der Waals surface area contributed by atoms with Crippen LogP contribution in [-0.2, 0) is 0 Å². The Morgan fingerprint density at radius 3 is 2.44 bits per heavy atom. The second kappa shape index (κ2) is 5.73. The Morgan fingerprint density at radius 1 is 1.17 bits per heavy atom. The third-order valence-corrected chi connectivity index (χ3v) is 4.06. The van der Waals surface area contributed by atoms with Crippen LogP contribution in [0.2, 0.25) is 5.02 Å². The largest absolute Gasteiger partial charge is 0.301 e. The molecule has 0 aliphatic heterocycles. The summed E-state index contributed by atoms with van der Waals surface area (Å²) in [6, 6.07) is 12.5. The van der Waals surface area contributed by atoms with Gasteiger partial charge in [0.2, 0.25) is 0 Å². The summed E-state index contributed by atoms with van der Waals surface area (Å²) in [5.41, 5.74) is -0.0490. The summed E-state index contributed by atoms with van der Waals surface area (Å²) in [7, 11) is 0. The van der Waals surface area contributed by atoms with E-state index >= 15 is 0 Å². The van der Waals surface area contributed by atoms with Crippen LogP contribution >= 0.6 is 39.3 Å². The molecule has 92 valence electrons. The van der Waals surface area contributed by atoms with E-state index in [9.17, 15) is 10.1 Å². The topological polar surface area (TPSA) is 43.1 Å². The van der Waals surface area contributed by atoms with E-state index in [4.69, 9.17) is 11.6 Å². The fraction of sp³-hybridized carbons (Fsp3) is 0. The molecule has 0 N–H and O–H groups in total. The van der Waals surface area contributed by atoms with Crippen LogP contribution in [0.25, 0.3) is 0 Å². The first-order chi connectivity index (χ1) is 8.58. The van der Waals surface area contributed by atoms with Crippen LogP contribution in [0, 0.1) is 10.1 Å². The first-order valence-electron chi connectivity index (χ1n) is 4.94. The molecule has 0 saturated heterocycles. The third kappa shape index (κ3) is 3.04. The lowest BCUT2D eigenvalue weighted by Crippen LogP contribution is -1.91. The average molecular weight is 345 g/mol. The van der Waals surface area contributed by atoms with Gasteiger partial charge in [-0.25, -0.2) is 0 Å². The zero-order valence-corrected chi connectivity index (χ0v) is 12.1. The molecule has 3 nitrogen and oxygen atoms in total. The van der Waals surface area contributed by atoms with E-state index in [1.165, 1.54) is 17.8 Å². The lowest BCUT2D eigenvalue weighted by atomic mass is 10.3. The van der Waals surface area contributed by atoms with Crippen LogP contribution in [0.3, 0.4) is 0 Å². The Labute approximate surface area is 121 Å². The smallest absolute Gasteiger partial charge is 0.258 e. The Morgan fingerprint density at radius 2 is 1.83 bits per heavy atom. The quantitative estimate of drug-likeness (QED) is 0.570. The monoisotopic (exact) mass is 343 g/mol. The molecule has 0 aliphatic carbocycles. The summed E-state index contributed by atoms with van der Waals surface area (Å²) in [6.45, 7) is 0. The molecule has 0 saturated carbocycles. The van der Waals surface area contributed by atoms with Crippen molar-refractivity contribution in [2.24, 2.45) is 0 Å². The highest BCUT2D eigenvalue weighted by atomic mass is 79.9. The van der Waals surface area contributed by atoms with E-state index in [-0.39, 0.29) is 10.7 Å². The molecule has 0 spiro atoms. The number of rotatable bonds is 3. The molecule has 2 aromatic carbocycles. The lowest BCUT2D eigenvalue weighted by Gasteiger charge is -2.04. The molecule has 0 amide bonds. The molecule has 0 radical (unpaired) electrons. The third-order valence-electron chi connectivity index (χ3n) is 2.17. The van der Waals surface area contributed by atoms with E-state index in [2.05, 4.69) is 15.9 Å². The van der Waals surface area contributed by atoms with Crippen molar-refractivity contribution in [3.63, 3.8) is 0 Å². The maximum atomic E-state index is 11.0. The van der Waals surface area contributed by atoms with Crippen molar-refractivity contribution in [1.29, 1.82) is 0 Å². The highest BCUT2D eigenvalue weighted by Crippen LogP contribution is 2.38. The zero-order valence-electron chi connectivity index (χ0n) is 8.97. The van der Waals surface area contributed by atoms with Crippen molar-refractivity contribution in [2.75, 3.05) is 0 Å². The minimum absolute atomic E-state index is 0.0490. The van der Waals surface area contributed by atoms with E-state index in [0.717, 1.165) is 9.37 Å². The summed E-state index contributed by atoms with van der Waals surface area (Å²) < 4.78 is 0.965. The van der Waals surface area contributed by atoms with Gasteiger partial charge in [0.15, 0.2) is 0 Å². The van der Waals surface area contributed by atoms with Crippen molar-refractivity contribution >= 4 is 45.0 Å². The second-order valence-corrected chi connectivity index (χ2v) is 5.84. The number of nitro groups is 1. The standard InChI is InChI=1S/C12H7BrClNO2S/c13-8-4-6-9(7-5-8)18-11-3-1-2-10(14)12(11)15(16)17/h1-7H. The predicted octanol–water partition coefficient (Wildman–Crippen LogP) is 5.16. The van der Waals surface area contributed by atoms with Crippen LogP contribution in [0.15, 0.2) is 56.7 Å². The summed E-state index contributed by atoms with van der Waals surface area (Å²) in [5.74, 6) is 0. The van der Waals surface area contributed by atoms with Crippen LogP contribution in [0.4, 0.5) is 5.69 Å². The molecule has 2 rings (SSSR count). The first kappa shape index (κ1) is 13.4. The van der Waals surface area contributed by atoms with Gasteiger partial charge in [-0.05, 0) is 36.4 Å². The molecule has 0 aromatic heterocycles. The molecule has 0 unspecified atom stereocenters. The van der Waals surface area contributed by atoms with E-state index in [0.29, 0.717) is 4.90 Å². The predicted molar refractivity (Wildman–Crippen MR) is 76.4 cm³/mol. The van der Waals surface area contributed by atoms with Crippen LogP contribution in [-0.4, -0.2) is 4.92 Å². The van der Waals surface area contributed by atoms with E-state index in [1.807, 2.05) is 24.3 Å². The summed E-state index contributed by atoms with van der Waals surface area (Å²) in [4.78, 5) is 12.0. The molecule has 2 aromatic rings. The Hall–Kier alpha value is -1.04. The van der Waals surface area contributed by atoms with Crippen molar-refractivity contribution in [3.05, 3.63) is 62.1 Å². The van der Waals surface area contributed by atoms with Crippen molar-refractivity contribution in [3.8, 4) is 0 Å². The molecular formula is C12H7BrClNO2S. The van der Waals surface area contributed by atoms with Gasteiger partial charge < -0.3 is 0 Å². The van der Waals surface area contributed by atoms with Crippen LogP contribution in [0.1, 0.15) is 0 Å². The van der Waals surface area contributed by atoms with Gasteiger partial charge in [-0.3, -0.25) is 10.1 Å². The van der Waals surface area contributed by atoms with Gasteiger partial charge in [0, 0.05) is 9.37 Å². The normalized spacial score (nSPS) is 10.3. The summed E-state index contributed by atoms with van der Waals surface area (Å²) >= 11 is 10.5. The minimum atomic E-state index is -0.455. The zero-order chi connectivity index (χ0) is 13.1. The molecule has 0 aliphatic rings.